The normalized spacial score (nSPS) is 31.3. The molecule has 2 aliphatic rings. The summed E-state index contributed by atoms with van der Waals surface area (Å²) in [5.74, 6) is 6.94. The molecule has 2 rings (SSSR count). The van der Waals surface area contributed by atoms with E-state index in [9.17, 15) is 0 Å². The minimum absolute atomic E-state index is 0.495. The highest BCUT2D eigenvalue weighted by Crippen LogP contribution is 2.27. The highest BCUT2D eigenvalue weighted by molar-refractivity contribution is 5.18. The molecule has 0 aromatic rings. The van der Waals surface area contributed by atoms with Crippen LogP contribution < -0.4 is 5.84 Å². The van der Waals surface area contributed by atoms with Gasteiger partial charge in [0.05, 0.1) is 6.54 Å². The Morgan fingerprint density at radius 2 is 2.60 bits per heavy atom. The van der Waals surface area contributed by atoms with Crippen LogP contribution in [-0.2, 0) is 4.84 Å². The summed E-state index contributed by atoms with van der Waals surface area (Å²) in [5, 5.41) is 1.39. The van der Waals surface area contributed by atoms with E-state index in [0.717, 1.165) is 18.7 Å². The summed E-state index contributed by atoms with van der Waals surface area (Å²) in [5.41, 5.74) is 0. The van der Waals surface area contributed by atoms with Gasteiger partial charge in [0.1, 0.15) is 5.76 Å². The van der Waals surface area contributed by atoms with Crippen molar-refractivity contribution >= 4 is 0 Å². The molecule has 1 atom stereocenters. The Morgan fingerprint density at radius 1 is 1.70 bits per heavy atom. The fraction of sp³-hybridized carbons (Fsp3) is 0.429. The van der Waals surface area contributed by atoms with Crippen LogP contribution in [0.2, 0.25) is 0 Å². The van der Waals surface area contributed by atoms with Gasteiger partial charge in [-0.1, -0.05) is 17.3 Å². The first-order valence-corrected chi connectivity index (χ1v) is 3.43. The highest BCUT2D eigenvalue weighted by Gasteiger charge is 2.27. The minimum atomic E-state index is 0.495. The van der Waals surface area contributed by atoms with Crippen molar-refractivity contribution in [2.45, 2.75) is 6.42 Å². The van der Waals surface area contributed by atoms with Crippen LogP contribution in [0.3, 0.4) is 0 Å². The second kappa shape index (κ2) is 2.11. The van der Waals surface area contributed by atoms with Gasteiger partial charge in [-0.2, -0.15) is 0 Å². The van der Waals surface area contributed by atoms with Crippen molar-refractivity contribution in [3.8, 4) is 0 Å². The van der Waals surface area contributed by atoms with Gasteiger partial charge < -0.3 is 4.84 Å². The monoisotopic (exact) mass is 138 g/mol. The first-order chi connectivity index (χ1) is 4.86. The van der Waals surface area contributed by atoms with Crippen LogP contribution in [0.25, 0.3) is 0 Å². The average molecular weight is 138 g/mol. The van der Waals surface area contributed by atoms with Gasteiger partial charge in [0, 0.05) is 5.92 Å². The number of fused-ring (bicyclic) bond motifs is 1. The Morgan fingerprint density at radius 3 is 3.40 bits per heavy atom. The number of hydrogen-bond acceptors (Lipinski definition) is 3. The highest BCUT2D eigenvalue weighted by atomic mass is 16.7. The Hall–Kier alpha value is -0.800. The molecule has 0 amide bonds. The van der Waals surface area contributed by atoms with Crippen LogP contribution in [0.15, 0.2) is 24.0 Å². The molecule has 0 saturated carbocycles. The zero-order chi connectivity index (χ0) is 6.97. The third-order valence-corrected chi connectivity index (χ3v) is 1.84. The second-order valence-corrected chi connectivity index (χ2v) is 2.62. The molecule has 0 spiro atoms. The van der Waals surface area contributed by atoms with Gasteiger partial charge in [-0.15, -0.1) is 0 Å². The molecule has 1 unspecified atom stereocenters. The predicted octanol–water partition coefficient (Wildman–Crippen LogP) is 0.567. The summed E-state index contributed by atoms with van der Waals surface area (Å²) < 4.78 is 0. The van der Waals surface area contributed by atoms with Crippen LogP contribution in [0, 0.1) is 5.92 Å². The molecule has 10 heavy (non-hydrogen) atoms. The molecule has 1 heterocycles. The zero-order valence-corrected chi connectivity index (χ0v) is 5.66. The molecule has 0 aromatic carbocycles. The minimum Gasteiger partial charge on any atom is -0.395 e. The molecule has 0 radical (unpaired) electrons. The second-order valence-electron chi connectivity index (χ2n) is 2.62. The van der Waals surface area contributed by atoms with E-state index >= 15 is 0 Å². The van der Waals surface area contributed by atoms with E-state index in [2.05, 4.69) is 6.08 Å². The number of hydrazine groups is 1. The largest absolute Gasteiger partial charge is 0.395 e. The Bertz CT molecular complexity index is 198. The van der Waals surface area contributed by atoms with Crippen molar-refractivity contribution in [1.82, 2.24) is 5.17 Å². The maximum absolute atomic E-state index is 5.44. The number of allylic oxidation sites excluding steroid dienone is 3. The van der Waals surface area contributed by atoms with Crippen molar-refractivity contribution in [3.05, 3.63) is 24.0 Å². The van der Waals surface area contributed by atoms with Gasteiger partial charge in [-0.25, -0.2) is 5.84 Å². The molecule has 2 N–H and O–H groups in total. The van der Waals surface area contributed by atoms with Crippen LogP contribution in [0.4, 0.5) is 0 Å². The van der Waals surface area contributed by atoms with Gasteiger partial charge >= 0.3 is 0 Å². The van der Waals surface area contributed by atoms with Gasteiger partial charge in [0.2, 0.25) is 0 Å². The Kier molecular flexibility index (Phi) is 1.25. The molecule has 1 saturated heterocycles. The molecule has 0 aromatic heterocycles. The standard InChI is InChI=1S/C7H10N2O/c8-9-5-6-3-1-2-4-7(6)10-9/h1-2,4,6H,3,5,8H2. The molecule has 0 bridgehead atoms. The fourth-order valence-electron chi connectivity index (χ4n) is 1.32. The van der Waals surface area contributed by atoms with Gasteiger partial charge in [0.25, 0.3) is 0 Å². The molecular weight excluding hydrogens is 128 g/mol. The van der Waals surface area contributed by atoms with Crippen LogP contribution in [0.1, 0.15) is 6.42 Å². The van der Waals surface area contributed by atoms with Crippen LogP contribution in [0.5, 0.6) is 0 Å². The van der Waals surface area contributed by atoms with E-state index in [4.69, 9.17) is 10.7 Å². The summed E-state index contributed by atoms with van der Waals surface area (Å²) in [6, 6.07) is 0. The van der Waals surface area contributed by atoms with Crippen molar-refractivity contribution in [2.24, 2.45) is 11.8 Å². The number of rotatable bonds is 0. The van der Waals surface area contributed by atoms with E-state index < -0.39 is 0 Å². The lowest BCUT2D eigenvalue weighted by molar-refractivity contribution is -0.0809. The number of hydroxylamine groups is 1. The zero-order valence-electron chi connectivity index (χ0n) is 5.66. The predicted molar refractivity (Wildman–Crippen MR) is 37.3 cm³/mol. The molecule has 1 aliphatic heterocycles. The third-order valence-electron chi connectivity index (χ3n) is 1.84. The first kappa shape index (κ1) is 5.95. The van der Waals surface area contributed by atoms with Crippen molar-refractivity contribution < 1.29 is 4.84 Å². The number of nitrogens with two attached hydrogens (primary N) is 1. The van der Waals surface area contributed by atoms with Crippen molar-refractivity contribution in [2.75, 3.05) is 6.54 Å². The molecule has 1 aliphatic carbocycles. The average Bonchev–Trinajstić information content (AvgIpc) is 2.27. The van der Waals surface area contributed by atoms with Gasteiger partial charge in [-0.3, -0.25) is 0 Å². The quantitative estimate of drug-likeness (QED) is 0.497. The van der Waals surface area contributed by atoms with Gasteiger partial charge in [-0.05, 0) is 12.5 Å². The Balaban J connectivity index is 2.18. The topological polar surface area (TPSA) is 38.5 Å². The number of nitrogens with zero attached hydrogens (tertiary/aromatic N) is 1. The van der Waals surface area contributed by atoms with Crippen molar-refractivity contribution in [3.63, 3.8) is 0 Å². The molecule has 3 heteroatoms. The maximum Gasteiger partial charge on any atom is 0.131 e. The molecule has 54 valence electrons. The maximum atomic E-state index is 5.44. The van der Waals surface area contributed by atoms with E-state index in [1.165, 1.54) is 5.17 Å². The smallest absolute Gasteiger partial charge is 0.131 e. The van der Waals surface area contributed by atoms with Gasteiger partial charge in [0.15, 0.2) is 0 Å². The van der Waals surface area contributed by atoms with E-state index in [0.29, 0.717) is 5.92 Å². The lowest BCUT2D eigenvalue weighted by atomic mass is 10.00. The first-order valence-electron chi connectivity index (χ1n) is 3.43. The summed E-state index contributed by atoms with van der Waals surface area (Å²) in [4.78, 5) is 5.19. The van der Waals surface area contributed by atoms with Crippen LogP contribution >= 0.6 is 0 Å². The number of hydrogen-bond donors (Lipinski definition) is 1. The third kappa shape index (κ3) is 0.836. The summed E-state index contributed by atoms with van der Waals surface area (Å²) >= 11 is 0. The Labute approximate surface area is 59.7 Å². The SMILES string of the molecule is NN1CC2CC=CC=C2O1. The van der Waals surface area contributed by atoms with Crippen molar-refractivity contribution in [1.29, 1.82) is 0 Å². The molecular formula is C7H10N2O. The summed E-state index contributed by atoms with van der Waals surface area (Å²) in [6.45, 7) is 0.816. The molecule has 1 fully saturated rings. The summed E-state index contributed by atoms with van der Waals surface area (Å²) in [6.07, 6.45) is 7.17. The van der Waals surface area contributed by atoms with Crippen LogP contribution in [-0.4, -0.2) is 11.7 Å². The van der Waals surface area contributed by atoms with E-state index in [1.807, 2.05) is 12.2 Å². The lowest BCUT2D eigenvalue weighted by Gasteiger charge is -2.06. The van der Waals surface area contributed by atoms with E-state index in [1.54, 1.807) is 0 Å². The fourth-order valence-corrected chi connectivity index (χ4v) is 1.32. The summed E-state index contributed by atoms with van der Waals surface area (Å²) in [7, 11) is 0. The molecule has 3 nitrogen and oxygen atoms in total. The van der Waals surface area contributed by atoms with E-state index in [-0.39, 0.29) is 0 Å². The lowest BCUT2D eigenvalue weighted by Crippen LogP contribution is -2.26.